The van der Waals surface area contributed by atoms with Crippen molar-refractivity contribution in [3.63, 3.8) is 0 Å². The number of piperidine rings is 1. The molecule has 1 N–H and O–H groups in total. The Hall–Kier alpha value is -1.09. The van der Waals surface area contributed by atoms with Crippen molar-refractivity contribution in [3.8, 4) is 0 Å². The van der Waals surface area contributed by atoms with Crippen LogP contribution in [0.5, 0.6) is 0 Å². The van der Waals surface area contributed by atoms with Crippen LogP contribution in [0.15, 0.2) is 0 Å². The third-order valence-electron chi connectivity index (χ3n) is 5.03. The van der Waals surface area contributed by atoms with Gasteiger partial charge in [0.1, 0.15) is 4.88 Å². The van der Waals surface area contributed by atoms with Crippen LogP contribution in [0.3, 0.4) is 0 Å². The number of carbonyl (C=O) groups is 1. The topological polar surface area (TPSA) is 78.8 Å². The molecule has 3 rings (SSSR count). The summed E-state index contributed by atoms with van der Waals surface area (Å²) in [5.41, 5.74) is 0.813. The second-order valence-corrected chi connectivity index (χ2v) is 7.83. The predicted molar refractivity (Wildman–Crippen MR) is 95.7 cm³/mol. The lowest BCUT2D eigenvalue weighted by molar-refractivity contribution is 0.0131. The van der Waals surface area contributed by atoms with Crippen molar-refractivity contribution in [2.75, 3.05) is 52.5 Å². The number of hydrogen-bond donors (Lipinski definition) is 1. The summed E-state index contributed by atoms with van der Waals surface area (Å²) in [4.78, 5) is 18.0. The Bertz CT molecular complexity index is 562. The molecule has 1 amide bonds. The van der Waals surface area contributed by atoms with Gasteiger partial charge >= 0.3 is 0 Å². The first kappa shape index (κ1) is 18.7. The SMILES string of the molecule is CCCc1nnsc1C(=O)N1C[C@H](CO)C[C@H](CN2CCOCC2)C1. The maximum Gasteiger partial charge on any atom is 0.267 e. The molecule has 7 nitrogen and oxygen atoms in total. The van der Waals surface area contributed by atoms with E-state index in [-0.39, 0.29) is 18.4 Å². The fourth-order valence-corrected chi connectivity index (χ4v) is 4.49. The number of morpholine rings is 1. The quantitative estimate of drug-likeness (QED) is 0.804. The summed E-state index contributed by atoms with van der Waals surface area (Å²) in [7, 11) is 0. The fraction of sp³-hybridized carbons (Fsp3) is 0.824. The molecule has 140 valence electrons. The van der Waals surface area contributed by atoms with E-state index >= 15 is 0 Å². The number of aliphatic hydroxyl groups is 1. The molecular weight excluding hydrogens is 340 g/mol. The highest BCUT2D eigenvalue weighted by Crippen LogP contribution is 2.26. The van der Waals surface area contributed by atoms with Gasteiger partial charge in [0.15, 0.2) is 0 Å². The molecule has 25 heavy (non-hydrogen) atoms. The molecule has 3 heterocycles. The molecule has 2 saturated heterocycles. The summed E-state index contributed by atoms with van der Waals surface area (Å²) in [5.74, 6) is 0.575. The van der Waals surface area contributed by atoms with Gasteiger partial charge in [0.2, 0.25) is 0 Å². The summed E-state index contributed by atoms with van der Waals surface area (Å²) < 4.78 is 9.40. The standard InChI is InChI=1S/C17H28N4O3S/c1-2-3-15-16(25-19-18-15)17(23)21-10-13(8-14(11-21)12-22)9-20-4-6-24-7-5-20/h13-14,22H,2-12H2,1H3/t13-,14-/m1/s1. The highest BCUT2D eigenvalue weighted by molar-refractivity contribution is 7.08. The highest BCUT2D eigenvalue weighted by Gasteiger charge is 2.33. The monoisotopic (exact) mass is 368 g/mol. The van der Waals surface area contributed by atoms with Gasteiger partial charge in [-0.2, -0.15) is 0 Å². The Morgan fingerprint density at radius 2 is 2.08 bits per heavy atom. The van der Waals surface area contributed by atoms with Gasteiger partial charge in [-0.05, 0) is 36.2 Å². The maximum absolute atomic E-state index is 13.0. The smallest absolute Gasteiger partial charge is 0.267 e. The number of carbonyl (C=O) groups excluding carboxylic acids is 1. The lowest BCUT2D eigenvalue weighted by atomic mass is 9.89. The predicted octanol–water partition coefficient (Wildman–Crippen LogP) is 0.893. The van der Waals surface area contributed by atoms with Crippen molar-refractivity contribution in [3.05, 3.63) is 10.6 Å². The molecule has 2 atom stereocenters. The third-order valence-corrected chi connectivity index (χ3v) is 5.78. The molecule has 0 saturated carbocycles. The van der Waals surface area contributed by atoms with Crippen molar-refractivity contribution in [2.24, 2.45) is 11.8 Å². The minimum absolute atomic E-state index is 0.0311. The average Bonchev–Trinajstić information content (AvgIpc) is 3.10. The number of hydrogen-bond acceptors (Lipinski definition) is 7. The lowest BCUT2D eigenvalue weighted by Gasteiger charge is -2.39. The Balaban J connectivity index is 1.66. The van der Waals surface area contributed by atoms with Crippen LogP contribution in [0.1, 0.15) is 35.1 Å². The van der Waals surface area contributed by atoms with Gasteiger partial charge in [-0.15, -0.1) is 5.10 Å². The zero-order valence-corrected chi connectivity index (χ0v) is 15.7. The molecule has 0 aromatic carbocycles. The first-order chi connectivity index (χ1) is 12.2. The first-order valence-corrected chi connectivity index (χ1v) is 10.00. The molecule has 2 aliphatic rings. The summed E-state index contributed by atoms with van der Waals surface area (Å²) in [5, 5.41) is 13.8. The normalized spacial score (nSPS) is 25.3. The van der Waals surface area contributed by atoms with E-state index < -0.39 is 0 Å². The van der Waals surface area contributed by atoms with E-state index in [1.807, 2.05) is 4.90 Å². The Morgan fingerprint density at radius 1 is 1.32 bits per heavy atom. The van der Waals surface area contributed by atoms with Crippen LogP contribution in [0, 0.1) is 11.8 Å². The molecule has 1 aromatic heterocycles. The molecule has 2 aliphatic heterocycles. The van der Waals surface area contributed by atoms with Crippen LogP contribution >= 0.6 is 11.5 Å². The van der Waals surface area contributed by atoms with E-state index in [1.165, 1.54) is 11.5 Å². The van der Waals surface area contributed by atoms with Crippen molar-refractivity contribution >= 4 is 17.4 Å². The number of rotatable bonds is 6. The van der Waals surface area contributed by atoms with E-state index in [2.05, 4.69) is 21.4 Å². The van der Waals surface area contributed by atoms with Gasteiger partial charge in [-0.1, -0.05) is 17.8 Å². The first-order valence-electron chi connectivity index (χ1n) is 9.22. The highest BCUT2D eigenvalue weighted by atomic mass is 32.1. The van der Waals surface area contributed by atoms with E-state index in [0.717, 1.165) is 64.3 Å². The summed E-state index contributed by atoms with van der Waals surface area (Å²) >= 11 is 1.20. The van der Waals surface area contributed by atoms with Crippen LogP contribution in [-0.4, -0.2) is 82.9 Å². The van der Waals surface area contributed by atoms with Gasteiger partial charge in [-0.25, -0.2) is 0 Å². The minimum atomic E-state index is 0.0311. The molecule has 0 aliphatic carbocycles. The molecular formula is C17H28N4O3S. The minimum Gasteiger partial charge on any atom is -0.396 e. The van der Waals surface area contributed by atoms with Gasteiger partial charge in [-0.3, -0.25) is 9.69 Å². The zero-order valence-electron chi connectivity index (χ0n) is 14.9. The fourth-order valence-electron chi connectivity index (χ4n) is 3.81. The number of amides is 1. The number of aryl methyl sites for hydroxylation is 1. The Morgan fingerprint density at radius 3 is 2.80 bits per heavy atom. The maximum atomic E-state index is 13.0. The molecule has 0 spiro atoms. The van der Waals surface area contributed by atoms with Gasteiger partial charge in [0, 0.05) is 39.3 Å². The molecule has 8 heteroatoms. The number of aliphatic hydroxyl groups excluding tert-OH is 1. The van der Waals surface area contributed by atoms with Crippen LogP contribution in [0.4, 0.5) is 0 Å². The van der Waals surface area contributed by atoms with Crippen molar-refractivity contribution < 1.29 is 14.6 Å². The Kier molecular flexibility index (Phi) is 6.75. The average molecular weight is 369 g/mol. The van der Waals surface area contributed by atoms with Gasteiger partial charge in [0.05, 0.1) is 18.9 Å². The summed E-state index contributed by atoms with van der Waals surface area (Å²) in [6.45, 7) is 8.01. The molecule has 0 unspecified atom stereocenters. The van der Waals surface area contributed by atoms with Crippen LogP contribution in [-0.2, 0) is 11.2 Å². The van der Waals surface area contributed by atoms with Crippen LogP contribution in [0.2, 0.25) is 0 Å². The van der Waals surface area contributed by atoms with Crippen molar-refractivity contribution in [2.45, 2.75) is 26.2 Å². The number of ether oxygens (including phenoxy) is 1. The molecule has 1 aromatic rings. The van der Waals surface area contributed by atoms with E-state index in [4.69, 9.17) is 4.74 Å². The zero-order chi connectivity index (χ0) is 17.6. The molecule has 0 radical (unpaired) electrons. The van der Waals surface area contributed by atoms with Crippen molar-refractivity contribution in [1.29, 1.82) is 0 Å². The largest absolute Gasteiger partial charge is 0.396 e. The summed E-state index contributed by atoms with van der Waals surface area (Å²) in [6, 6.07) is 0. The lowest BCUT2D eigenvalue weighted by Crippen LogP contribution is -2.49. The second-order valence-electron chi connectivity index (χ2n) is 7.07. The number of nitrogens with zero attached hydrogens (tertiary/aromatic N) is 4. The molecule has 0 bridgehead atoms. The molecule has 2 fully saturated rings. The van der Waals surface area contributed by atoms with Crippen molar-refractivity contribution in [1.82, 2.24) is 19.4 Å². The van der Waals surface area contributed by atoms with E-state index in [1.54, 1.807) is 0 Å². The third kappa shape index (κ3) is 4.75. The Labute approximate surface area is 153 Å². The second kappa shape index (κ2) is 9.02. The van der Waals surface area contributed by atoms with Gasteiger partial charge in [0.25, 0.3) is 5.91 Å². The number of aromatic nitrogens is 2. The number of likely N-dealkylation sites (tertiary alicyclic amines) is 1. The van der Waals surface area contributed by atoms with E-state index in [9.17, 15) is 9.90 Å². The van der Waals surface area contributed by atoms with Gasteiger partial charge < -0.3 is 14.7 Å². The summed E-state index contributed by atoms with van der Waals surface area (Å²) in [6.07, 6.45) is 2.71. The van der Waals surface area contributed by atoms with E-state index in [0.29, 0.717) is 17.3 Å². The van der Waals surface area contributed by atoms with Crippen LogP contribution < -0.4 is 0 Å². The van der Waals surface area contributed by atoms with Crippen LogP contribution in [0.25, 0.3) is 0 Å².